The van der Waals surface area contributed by atoms with E-state index >= 15 is 0 Å². The number of carbonyl (C=O) groups is 8. The molecular weight excluding hydrogens is 941 g/mol. The molecule has 0 aliphatic rings. The maximum Gasteiger partial charge on any atom is 0.304 e. The first-order chi connectivity index (χ1) is 33.9. The van der Waals surface area contributed by atoms with Gasteiger partial charge < -0.3 is 84.5 Å². The molecule has 0 aromatic heterocycles. The largest absolute Gasteiger partial charge is 0.481 e. The highest BCUT2D eigenvalue weighted by atomic mass is 16.5. The number of hydrogen-bond acceptors (Lipinski definition) is 17. The molecule has 0 amide bonds. The monoisotopic (exact) mass is 1020 g/mol. The molecule has 0 aromatic rings. The minimum absolute atomic E-state index is 0.107. The Morgan fingerprint density at radius 3 is 0.521 bits per heavy atom. The van der Waals surface area contributed by atoms with E-state index < -0.39 is 47.8 Å². The van der Waals surface area contributed by atoms with Crippen LogP contribution in [-0.2, 0) is 52.6 Å². The third-order valence-electron chi connectivity index (χ3n) is 11.2. The highest BCUT2D eigenvalue weighted by molar-refractivity contribution is 5.69. The van der Waals surface area contributed by atoms with Crippen LogP contribution in [0.3, 0.4) is 0 Å². The Labute approximate surface area is 417 Å². The summed E-state index contributed by atoms with van der Waals surface area (Å²) >= 11 is 0. The number of carboxylic acid groups (broad SMARTS) is 8. The summed E-state index contributed by atoms with van der Waals surface area (Å²) in [6, 6.07) is 0. The van der Waals surface area contributed by atoms with Gasteiger partial charge in [-0.05, 0) is 90.9 Å². The maximum absolute atomic E-state index is 11.2. The van der Waals surface area contributed by atoms with Crippen molar-refractivity contribution < 1.29 is 93.4 Å². The molecule has 0 saturated heterocycles. The zero-order valence-electron chi connectivity index (χ0n) is 41.6. The van der Waals surface area contributed by atoms with Gasteiger partial charge in [-0.3, -0.25) is 38.4 Å². The third kappa shape index (κ3) is 46.2. The molecular formula is C46H84N6O19. The van der Waals surface area contributed by atoms with Crippen molar-refractivity contribution in [1.29, 1.82) is 0 Å². The SMILES string of the molecule is O=C(O)CCN(CCCN(CCCOCCOCCOCCCN(CCCN(CCC(=O)O)CCC(=O)O)CCCN(CCC(=O)O)CCC(=O)O)CCCN(CCC(=O)O)CCC(=O)O)CCC(=O)O. The summed E-state index contributed by atoms with van der Waals surface area (Å²) in [6.45, 7) is 10.0. The van der Waals surface area contributed by atoms with Crippen LogP contribution in [-0.4, -0.2) is 275 Å². The Morgan fingerprint density at radius 1 is 0.211 bits per heavy atom. The molecule has 0 unspecified atom stereocenters. The normalized spacial score (nSPS) is 11.7. The van der Waals surface area contributed by atoms with Gasteiger partial charge in [0.2, 0.25) is 0 Å². The van der Waals surface area contributed by atoms with Gasteiger partial charge in [-0.25, -0.2) is 0 Å². The first-order valence-electron chi connectivity index (χ1n) is 24.7. The molecule has 25 heteroatoms. The van der Waals surface area contributed by atoms with Crippen LogP contribution in [0.15, 0.2) is 0 Å². The molecule has 0 fully saturated rings. The topological polar surface area (TPSA) is 346 Å². The fourth-order valence-corrected chi connectivity index (χ4v) is 7.44. The Balaban J connectivity index is 5.01. The molecule has 25 nitrogen and oxygen atoms in total. The first-order valence-corrected chi connectivity index (χ1v) is 24.7. The van der Waals surface area contributed by atoms with Gasteiger partial charge in [0.05, 0.1) is 77.8 Å². The lowest BCUT2D eigenvalue weighted by Crippen LogP contribution is -2.36. The first kappa shape index (κ1) is 66.4. The fourth-order valence-electron chi connectivity index (χ4n) is 7.44. The van der Waals surface area contributed by atoms with Crippen molar-refractivity contribution in [2.24, 2.45) is 0 Å². The molecule has 0 aromatic carbocycles. The van der Waals surface area contributed by atoms with E-state index in [-0.39, 0.29) is 104 Å². The highest BCUT2D eigenvalue weighted by Gasteiger charge is 2.16. The van der Waals surface area contributed by atoms with Gasteiger partial charge >= 0.3 is 47.8 Å². The van der Waals surface area contributed by atoms with Crippen molar-refractivity contribution >= 4 is 47.8 Å². The van der Waals surface area contributed by atoms with E-state index in [1.54, 1.807) is 0 Å². The van der Waals surface area contributed by atoms with Gasteiger partial charge in [-0.15, -0.1) is 0 Å². The van der Waals surface area contributed by atoms with Crippen molar-refractivity contribution in [3.8, 4) is 0 Å². The minimum atomic E-state index is -0.968. The number of nitrogens with zero attached hydrogens (tertiary/aromatic N) is 6. The molecule has 0 rings (SSSR count). The van der Waals surface area contributed by atoms with E-state index in [9.17, 15) is 38.4 Å². The molecule has 0 aliphatic heterocycles. The molecule has 71 heavy (non-hydrogen) atoms. The van der Waals surface area contributed by atoms with E-state index in [0.717, 1.165) is 0 Å². The lowest BCUT2D eigenvalue weighted by atomic mass is 10.2. The summed E-state index contributed by atoms with van der Waals surface area (Å²) in [5.74, 6) is -7.75. The highest BCUT2D eigenvalue weighted by Crippen LogP contribution is 2.07. The van der Waals surface area contributed by atoms with Crippen LogP contribution < -0.4 is 0 Å². The fraction of sp³-hybridized carbons (Fsp3) is 0.826. The van der Waals surface area contributed by atoms with Crippen LogP contribution >= 0.6 is 0 Å². The van der Waals surface area contributed by atoms with E-state index in [1.807, 2.05) is 19.6 Å². The summed E-state index contributed by atoms with van der Waals surface area (Å²) in [5.41, 5.74) is 0. The Morgan fingerprint density at radius 2 is 0.352 bits per heavy atom. The van der Waals surface area contributed by atoms with E-state index in [1.165, 1.54) is 0 Å². The Hall–Kier alpha value is -4.60. The van der Waals surface area contributed by atoms with Crippen LogP contribution in [0.5, 0.6) is 0 Å². The second-order valence-electron chi connectivity index (χ2n) is 17.2. The van der Waals surface area contributed by atoms with Crippen molar-refractivity contribution in [1.82, 2.24) is 29.4 Å². The molecule has 0 heterocycles. The Kier molecular flexibility index (Phi) is 41.3. The van der Waals surface area contributed by atoms with Gasteiger partial charge in [-0.1, -0.05) is 0 Å². The number of aliphatic carboxylic acids is 8. The van der Waals surface area contributed by atoms with Crippen LogP contribution in [0.4, 0.5) is 0 Å². The maximum atomic E-state index is 11.2. The molecule has 0 saturated carbocycles. The molecule has 8 N–H and O–H groups in total. The summed E-state index contributed by atoms with van der Waals surface area (Å²) in [4.78, 5) is 101. The number of carboxylic acids is 8. The Bertz CT molecular complexity index is 1230. The molecule has 412 valence electrons. The van der Waals surface area contributed by atoms with Gasteiger partial charge in [-0.2, -0.15) is 0 Å². The van der Waals surface area contributed by atoms with Gasteiger partial charge in [0.25, 0.3) is 0 Å². The lowest BCUT2D eigenvalue weighted by Gasteiger charge is -2.27. The number of rotatable bonds is 54. The molecule has 0 atom stereocenters. The van der Waals surface area contributed by atoms with Crippen molar-refractivity contribution in [2.75, 3.05) is 157 Å². The third-order valence-corrected chi connectivity index (χ3v) is 11.2. The lowest BCUT2D eigenvalue weighted by molar-refractivity contribution is -0.139. The summed E-state index contributed by atoms with van der Waals surface area (Å²) in [7, 11) is 0. The summed E-state index contributed by atoms with van der Waals surface area (Å²) in [5, 5.41) is 73.1. The predicted molar refractivity (Wildman–Crippen MR) is 257 cm³/mol. The molecule has 0 bridgehead atoms. The van der Waals surface area contributed by atoms with Crippen molar-refractivity contribution in [2.45, 2.75) is 89.9 Å². The van der Waals surface area contributed by atoms with Gasteiger partial charge in [0, 0.05) is 78.7 Å². The van der Waals surface area contributed by atoms with E-state index in [2.05, 4.69) is 9.80 Å². The molecule has 0 radical (unpaired) electrons. The van der Waals surface area contributed by atoms with Crippen molar-refractivity contribution in [3.05, 3.63) is 0 Å². The molecule has 0 aliphatic carbocycles. The zero-order chi connectivity index (χ0) is 53.1. The standard InChI is InChI=1S/C46H84N6O19/c53-39(54)7-25-49(26-8-40(55)56)19-1-15-47(16-2-20-50(27-9-41(57)58)28-10-42(59)60)23-5-33-69-35-37-71-38-36-70-34-6-24-48(17-3-21-51(29-11-43(61)62)30-12-44(63)64)18-4-22-52(31-13-45(65)66)32-14-46(67)68/h1-38H2,(H,53,54)(H,55,56)(H,57,58)(H,59,60)(H,61,62)(H,63,64)(H,65,66)(H,67,68). The second-order valence-corrected chi connectivity index (χ2v) is 17.2. The molecule has 0 spiro atoms. The quantitative estimate of drug-likeness (QED) is 0.0394. The van der Waals surface area contributed by atoms with E-state index in [0.29, 0.717) is 144 Å². The summed E-state index contributed by atoms with van der Waals surface area (Å²) in [6.07, 6.45) is 3.12. The summed E-state index contributed by atoms with van der Waals surface area (Å²) < 4.78 is 17.3. The average Bonchev–Trinajstić information content (AvgIpc) is 3.29. The van der Waals surface area contributed by atoms with Crippen LogP contribution in [0.2, 0.25) is 0 Å². The number of hydrogen-bond donors (Lipinski definition) is 8. The zero-order valence-corrected chi connectivity index (χ0v) is 41.6. The van der Waals surface area contributed by atoms with Crippen molar-refractivity contribution in [3.63, 3.8) is 0 Å². The average molecular weight is 1030 g/mol. The van der Waals surface area contributed by atoms with Crippen LogP contribution in [0.25, 0.3) is 0 Å². The number of ether oxygens (including phenoxy) is 3. The van der Waals surface area contributed by atoms with E-state index in [4.69, 9.17) is 55.1 Å². The minimum Gasteiger partial charge on any atom is -0.481 e. The smallest absolute Gasteiger partial charge is 0.304 e. The van der Waals surface area contributed by atoms with Gasteiger partial charge in [0.1, 0.15) is 0 Å². The van der Waals surface area contributed by atoms with Crippen LogP contribution in [0, 0.1) is 0 Å². The second kappa shape index (κ2) is 44.1. The predicted octanol–water partition coefficient (Wildman–Crippen LogP) is 0.986. The van der Waals surface area contributed by atoms with Crippen LogP contribution in [0.1, 0.15) is 89.9 Å². The van der Waals surface area contributed by atoms with Gasteiger partial charge in [0.15, 0.2) is 0 Å².